The van der Waals surface area contributed by atoms with Crippen molar-refractivity contribution in [1.29, 1.82) is 0 Å². The molecule has 0 saturated carbocycles. The van der Waals surface area contributed by atoms with Crippen LogP contribution in [0.2, 0.25) is 0 Å². The van der Waals surface area contributed by atoms with Crippen LogP contribution in [0, 0.1) is 0 Å². The van der Waals surface area contributed by atoms with Gasteiger partial charge in [0.15, 0.2) is 11.3 Å². The molecule has 0 fully saturated rings. The SMILES string of the molecule is FC1=C(Cl)c2cc(Br)ccc2NC1Cl. The molecule has 0 saturated heterocycles. The summed E-state index contributed by atoms with van der Waals surface area (Å²) < 4.78 is 14.2. The van der Waals surface area contributed by atoms with Crippen molar-refractivity contribution in [3.8, 4) is 0 Å². The Morgan fingerprint density at radius 1 is 1.43 bits per heavy atom. The lowest BCUT2D eigenvalue weighted by Gasteiger charge is -2.21. The highest BCUT2D eigenvalue weighted by atomic mass is 79.9. The van der Waals surface area contributed by atoms with Crippen molar-refractivity contribution in [2.45, 2.75) is 5.50 Å². The summed E-state index contributed by atoms with van der Waals surface area (Å²) in [5.41, 5.74) is 0.478. The molecule has 1 aromatic rings. The Kier molecular flexibility index (Phi) is 2.73. The number of anilines is 1. The van der Waals surface area contributed by atoms with Crippen molar-refractivity contribution >= 4 is 49.9 Å². The Hall–Kier alpha value is -0.250. The summed E-state index contributed by atoms with van der Waals surface area (Å²) in [5, 5.41) is 2.86. The van der Waals surface area contributed by atoms with E-state index in [4.69, 9.17) is 23.2 Å². The minimum atomic E-state index is -0.879. The van der Waals surface area contributed by atoms with Gasteiger partial charge in [-0.1, -0.05) is 39.1 Å². The van der Waals surface area contributed by atoms with E-state index in [9.17, 15) is 4.39 Å². The Balaban J connectivity index is 2.61. The maximum Gasteiger partial charge on any atom is 0.157 e. The summed E-state index contributed by atoms with van der Waals surface area (Å²) in [7, 11) is 0. The van der Waals surface area contributed by atoms with Crippen LogP contribution in [0.5, 0.6) is 0 Å². The van der Waals surface area contributed by atoms with Gasteiger partial charge in [-0.2, -0.15) is 0 Å². The third kappa shape index (κ3) is 1.64. The lowest BCUT2D eigenvalue weighted by molar-refractivity contribution is 0.614. The van der Waals surface area contributed by atoms with E-state index in [0.717, 1.165) is 10.2 Å². The van der Waals surface area contributed by atoms with Gasteiger partial charge in [0, 0.05) is 15.7 Å². The zero-order chi connectivity index (χ0) is 10.3. The van der Waals surface area contributed by atoms with Gasteiger partial charge in [-0.3, -0.25) is 0 Å². The van der Waals surface area contributed by atoms with Gasteiger partial charge in [-0.05, 0) is 18.2 Å². The molecule has 1 aromatic carbocycles. The second-order valence-corrected chi connectivity index (χ2v) is 4.59. The second kappa shape index (κ2) is 3.72. The number of alkyl halides is 1. The highest BCUT2D eigenvalue weighted by Crippen LogP contribution is 2.39. The fourth-order valence-electron chi connectivity index (χ4n) is 1.26. The molecule has 0 aromatic heterocycles. The van der Waals surface area contributed by atoms with E-state index in [1.165, 1.54) is 0 Å². The number of hydrogen-bond acceptors (Lipinski definition) is 1. The molecule has 5 heteroatoms. The van der Waals surface area contributed by atoms with Crippen LogP contribution in [-0.4, -0.2) is 5.50 Å². The highest BCUT2D eigenvalue weighted by molar-refractivity contribution is 9.10. The van der Waals surface area contributed by atoms with Crippen LogP contribution in [0.3, 0.4) is 0 Å². The number of fused-ring (bicyclic) bond motifs is 1. The predicted molar refractivity (Wildman–Crippen MR) is 61.3 cm³/mol. The first-order chi connectivity index (χ1) is 6.59. The van der Waals surface area contributed by atoms with Crippen molar-refractivity contribution in [3.63, 3.8) is 0 Å². The number of nitrogens with one attached hydrogen (secondary N) is 1. The first-order valence-electron chi connectivity index (χ1n) is 3.85. The van der Waals surface area contributed by atoms with Crippen LogP contribution >= 0.6 is 39.1 Å². The number of halogens is 4. The average molecular weight is 297 g/mol. The fraction of sp³-hybridized carbons (Fsp3) is 0.111. The molecule has 1 N–H and O–H groups in total. The van der Waals surface area contributed by atoms with Crippen LogP contribution in [0.4, 0.5) is 10.1 Å². The lowest BCUT2D eigenvalue weighted by Crippen LogP contribution is -2.18. The summed E-state index contributed by atoms with van der Waals surface area (Å²) in [4.78, 5) is 0. The van der Waals surface area contributed by atoms with Gasteiger partial charge < -0.3 is 5.32 Å². The number of benzene rings is 1. The van der Waals surface area contributed by atoms with Crippen molar-refractivity contribution in [2.24, 2.45) is 0 Å². The number of hydrogen-bond donors (Lipinski definition) is 1. The molecular formula is C9H5BrCl2FN. The van der Waals surface area contributed by atoms with E-state index in [2.05, 4.69) is 21.2 Å². The minimum absolute atomic E-state index is 0.0695. The molecule has 0 aliphatic carbocycles. The van der Waals surface area contributed by atoms with E-state index >= 15 is 0 Å². The molecule has 74 valence electrons. The standard InChI is InChI=1S/C9H5BrCl2FN/c10-4-1-2-6-5(3-4)7(11)8(13)9(12)14-6/h1-3,9,14H. The zero-order valence-electron chi connectivity index (χ0n) is 6.82. The molecule has 0 amide bonds. The second-order valence-electron chi connectivity index (χ2n) is 2.86. The molecule has 1 heterocycles. The van der Waals surface area contributed by atoms with Gasteiger partial charge >= 0.3 is 0 Å². The molecular weight excluding hydrogens is 292 g/mol. The smallest absolute Gasteiger partial charge is 0.157 e. The van der Waals surface area contributed by atoms with Crippen LogP contribution in [0.15, 0.2) is 28.5 Å². The summed E-state index contributed by atoms with van der Waals surface area (Å²) in [6, 6.07) is 5.37. The molecule has 0 bridgehead atoms. The Morgan fingerprint density at radius 2 is 2.14 bits per heavy atom. The summed E-state index contributed by atoms with van der Waals surface area (Å²) in [6.45, 7) is 0. The molecule has 1 nitrogen and oxygen atoms in total. The largest absolute Gasteiger partial charge is 0.363 e. The van der Waals surface area contributed by atoms with Crippen LogP contribution in [0.25, 0.3) is 5.03 Å². The Bertz CT molecular complexity index is 419. The third-order valence-corrected chi connectivity index (χ3v) is 3.11. The minimum Gasteiger partial charge on any atom is -0.363 e. The normalized spacial score (nSPS) is 20.4. The quantitative estimate of drug-likeness (QED) is 0.555. The van der Waals surface area contributed by atoms with E-state index < -0.39 is 11.3 Å². The molecule has 1 unspecified atom stereocenters. The van der Waals surface area contributed by atoms with E-state index in [1.54, 1.807) is 12.1 Å². The van der Waals surface area contributed by atoms with Crippen molar-refractivity contribution in [3.05, 3.63) is 34.1 Å². The van der Waals surface area contributed by atoms with Gasteiger partial charge in [-0.25, -0.2) is 4.39 Å². The molecule has 2 rings (SSSR count). The summed E-state index contributed by atoms with van der Waals surface area (Å²) in [5.74, 6) is -0.543. The summed E-state index contributed by atoms with van der Waals surface area (Å²) >= 11 is 14.8. The molecule has 1 aliphatic rings. The number of rotatable bonds is 0. The van der Waals surface area contributed by atoms with E-state index in [1.807, 2.05) is 6.07 Å². The van der Waals surface area contributed by atoms with E-state index in [-0.39, 0.29) is 5.03 Å². The van der Waals surface area contributed by atoms with Gasteiger partial charge in [0.05, 0.1) is 5.03 Å². The predicted octanol–water partition coefficient (Wildman–Crippen LogP) is 4.32. The van der Waals surface area contributed by atoms with Crippen LogP contribution in [-0.2, 0) is 0 Å². The van der Waals surface area contributed by atoms with Gasteiger partial charge in [0.25, 0.3) is 0 Å². The Labute approximate surface area is 99.0 Å². The fourth-order valence-corrected chi connectivity index (χ4v) is 2.17. The average Bonchev–Trinajstić information content (AvgIpc) is 2.16. The maximum absolute atomic E-state index is 13.3. The van der Waals surface area contributed by atoms with Crippen molar-refractivity contribution < 1.29 is 4.39 Å². The molecule has 1 atom stereocenters. The van der Waals surface area contributed by atoms with Crippen LogP contribution in [0.1, 0.15) is 5.56 Å². The Morgan fingerprint density at radius 3 is 2.86 bits per heavy atom. The molecule has 0 radical (unpaired) electrons. The molecule has 0 spiro atoms. The van der Waals surface area contributed by atoms with E-state index in [0.29, 0.717) is 5.56 Å². The monoisotopic (exact) mass is 295 g/mol. The first kappa shape index (κ1) is 10.3. The highest BCUT2D eigenvalue weighted by Gasteiger charge is 2.24. The van der Waals surface area contributed by atoms with Gasteiger partial charge in [-0.15, -0.1) is 0 Å². The third-order valence-electron chi connectivity index (χ3n) is 1.93. The van der Waals surface area contributed by atoms with Crippen LogP contribution < -0.4 is 5.32 Å². The van der Waals surface area contributed by atoms with Gasteiger partial charge in [0.1, 0.15) is 0 Å². The maximum atomic E-state index is 13.3. The molecule has 1 aliphatic heterocycles. The molecule has 14 heavy (non-hydrogen) atoms. The van der Waals surface area contributed by atoms with Gasteiger partial charge in [0.2, 0.25) is 0 Å². The zero-order valence-corrected chi connectivity index (χ0v) is 9.92. The summed E-state index contributed by atoms with van der Waals surface area (Å²) in [6.07, 6.45) is 0. The first-order valence-corrected chi connectivity index (χ1v) is 5.46. The topological polar surface area (TPSA) is 12.0 Å². The lowest BCUT2D eigenvalue weighted by atomic mass is 10.1. The van der Waals surface area contributed by atoms with Crippen molar-refractivity contribution in [1.82, 2.24) is 0 Å². The van der Waals surface area contributed by atoms with Crippen molar-refractivity contribution in [2.75, 3.05) is 5.32 Å².